The van der Waals surface area contributed by atoms with Crippen LogP contribution in [0.5, 0.6) is 0 Å². The van der Waals surface area contributed by atoms with Gasteiger partial charge in [-0.05, 0) is 105 Å². The van der Waals surface area contributed by atoms with Gasteiger partial charge in [0, 0.05) is 12.3 Å². The molecule has 5 N–H and O–H groups in total. The van der Waals surface area contributed by atoms with Crippen LogP contribution in [-0.2, 0) is 23.8 Å². The zero-order chi connectivity index (χ0) is 37.4. The van der Waals surface area contributed by atoms with Crippen molar-refractivity contribution in [1.82, 2.24) is 0 Å². The van der Waals surface area contributed by atoms with Crippen molar-refractivity contribution in [3.05, 3.63) is 11.1 Å². The molecule has 0 bridgehead atoms. The van der Waals surface area contributed by atoms with E-state index in [1.165, 1.54) is 12.5 Å². The number of rotatable bonds is 9. The van der Waals surface area contributed by atoms with E-state index in [2.05, 4.69) is 55.4 Å². The highest BCUT2D eigenvalue weighted by Crippen LogP contribution is 2.73. The van der Waals surface area contributed by atoms with Gasteiger partial charge in [-0.1, -0.05) is 66.5 Å². The molecule has 0 aromatic rings. The largest absolute Gasteiger partial charge is 0.481 e. The van der Waals surface area contributed by atoms with Crippen LogP contribution in [0.3, 0.4) is 0 Å². The number of carboxylic acids is 1. The minimum Gasteiger partial charge on any atom is -0.481 e. The Morgan fingerprint density at radius 3 is 2.16 bits per heavy atom. The van der Waals surface area contributed by atoms with E-state index in [0.717, 1.165) is 56.9 Å². The molecule has 1 heterocycles. The van der Waals surface area contributed by atoms with Crippen LogP contribution in [0.2, 0.25) is 0 Å². The summed E-state index contributed by atoms with van der Waals surface area (Å²) < 4.78 is 18.1. The predicted octanol–water partition coefficient (Wildman–Crippen LogP) is 5.77. The molecule has 13 atom stereocenters. The predicted molar refractivity (Wildman–Crippen MR) is 188 cm³/mol. The van der Waals surface area contributed by atoms with Gasteiger partial charge >= 0.3 is 11.9 Å². The van der Waals surface area contributed by atoms with Gasteiger partial charge in [0.2, 0.25) is 0 Å². The number of carbonyl (C=O) groups excluding carboxylic acids is 1. The number of hydrogen-bond acceptors (Lipinski definition) is 9. The minimum absolute atomic E-state index is 0.195. The Kier molecular flexibility index (Phi) is 10.6. The molecule has 1 saturated heterocycles. The lowest BCUT2D eigenvalue weighted by atomic mass is 9.43. The molecule has 1 aliphatic heterocycles. The summed E-state index contributed by atoms with van der Waals surface area (Å²) in [5.41, 5.74) is -0.248. The van der Waals surface area contributed by atoms with Crippen molar-refractivity contribution < 1.29 is 49.3 Å². The molecule has 3 fully saturated rings. The SMILES string of the molecule is CC(=O)OC(C)(CC[C@@H](C)[C@H]1CC[C@@]2(C(=O)O)C3=C(CC[C@]12C)[C@@]1(C)CC[C@H](O[C@@H]2O[C@H](CO)[C@H](O)[C@H](O)[C@H]2O)C(C)(C)[C@@H]1CC3)C(C)(C)C. The van der Waals surface area contributed by atoms with Crippen LogP contribution in [0.4, 0.5) is 0 Å². The lowest BCUT2D eigenvalue weighted by Crippen LogP contribution is -2.62. The fourth-order valence-electron chi connectivity index (χ4n) is 11.9. The highest BCUT2D eigenvalue weighted by atomic mass is 16.7. The molecule has 5 aliphatic rings. The van der Waals surface area contributed by atoms with E-state index in [9.17, 15) is 35.1 Å². The summed E-state index contributed by atoms with van der Waals surface area (Å²) in [5.74, 6) is -0.274. The van der Waals surface area contributed by atoms with Gasteiger partial charge in [-0.3, -0.25) is 9.59 Å². The Morgan fingerprint density at radius 2 is 1.58 bits per heavy atom. The van der Waals surface area contributed by atoms with Crippen LogP contribution in [-0.4, -0.2) is 86.5 Å². The number of hydrogen-bond donors (Lipinski definition) is 5. The van der Waals surface area contributed by atoms with Gasteiger partial charge in [0.15, 0.2) is 6.29 Å². The second-order valence-corrected chi connectivity index (χ2v) is 19.0. The van der Waals surface area contributed by atoms with E-state index in [0.29, 0.717) is 12.8 Å². The van der Waals surface area contributed by atoms with Crippen LogP contribution in [0.1, 0.15) is 133 Å². The van der Waals surface area contributed by atoms with Crippen molar-refractivity contribution in [2.45, 2.75) is 176 Å². The number of carbonyl (C=O) groups is 2. The normalized spacial score (nSPS) is 43.2. The standard InChI is InChI=1S/C40H66O10/c1-22(13-19-39(10,35(3,4)5)50-23(2)42)24-15-20-40(34(46)47)26-11-12-28-36(6,7)29(16-17-37(28,8)25(26)14-18-38(24,40)9)49-33-32(45)31(44)30(43)27(21-41)48-33/h22,24,27-33,41,43-45H,11-21H2,1-10H3,(H,46,47)/t22-,24-,27-,28+,29+,30+,31+,32-,33+,37-,38-,39?,40+/m1/s1. The first-order valence-corrected chi connectivity index (χ1v) is 19.1. The summed E-state index contributed by atoms with van der Waals surface area (Å²) in [6.45, 7) is 20.5. The molecule has 0 spiro atoms. The van der Waals surface area contributed by atoms with E-state index in [1.54, 1.807) is 0 Å². The number of ether oxygens (including phenoxy) is 3. The maximum absolute atomic E-state index is 13.7. The first kappa shape index (κ1) is 39.6. The third-order valence-corrected chi connectivity index (χ3v) is 15.4. The highest BCUT2D eigenvalue weighted by molar-refractivity contribution is 5.82. The van der Waals surface area contributed by atoms with Crippen molar-refractivity contribution >= 4 is 11.9 Å². The third kappa shape index (κ3) is 6.00. The first-order chi connectivity index (χ1) is 23.0. The van der Waals surface area contributed by atoms with Gasteiger partial charge in [0.1, 0.15) is 30.0 Å². The molecule has 0 aromatic carbocycles. The number of aliphatic hydroxyl groups excluding tert-OH is 4. The summed E-state index contributed by atoms with van der Waals surface area (Å²) >= 11 is 0. The molecule has 10 heteroatoms. The summed E-state index contributed by atoms with van der Waals surface area (Å²) in [6, 6.07) is 0. The molecule has 50 heavy (non-hydrogen) atoms. The van der Waals surface area contributed by atoms with E-state index < -0.39 is 59.7 Å². The fourth-order valence-corrected chi connectivity index (χ4v) is 11.9. The maximum Gasteiger partial charge on any atom is 0.314 e. The van der Waals surface area contributed by atoms with E-state index in [-0.39, 0.29) is 46.1 Å². The monoisotopic (exact) mass is 706 g/mol. The van der Waals surface area contributed by atoms with Crippen LogP contribution in [0, 0.1) is 44.8 Å². The molecule has 0 amide bonds. The van der Waals surface area contributed by atoms with Crippen molar-refractivity contribution in [2.75, 3.05) is 6.61 Å². The number of allylic oxidation sites excluding steroid dienone is 1. The zero-order valence-corrected chi connectivity index (χ0v) is 32.3. The highest BCUT2D eigenvalue weighted by Gasteiger charge is 2.68. The molecule has 286 valence electrons. The third-order valence-electron chi connectivity index (χ3n) is 15.4. The van der Waals surface area contributed by atoms with Gasteiger partial charge < -0.3 is 39.7 Å². The molecule has 0 radical (unpaired) electrons. The van der Waals surface area contributed by atoms with Crippen molar-refractivity contribution in [3.8, 4) is 0 Å². The molecule has 4 aliphatic carbocycles. The summed E-state index contributed by atoms with van der Waals surface area (Å²) in [5, 5.41) is 52.4. The van der Waals surface area contributed by atoms with Gasteiger partial charge in [0.05, 0.1) is 18.1 Å². The molecule has 1 unspecified atom stereocenters. The Bertz CT molecular complexity index is 1330. The fraction of sp³-hybridized carbons (Fsp3) is 0.900. The van der Waals surface area contributed by atoms with Gasteiger partial charge in [-0.25, -0.2) is 0 Å². The summed E-state index contributed by atoms with van der Waals surface area (Å²) in [6.07, 6.45) is 0.871. The molecule has 2 saturated carbocycles. The molecule has 0 aromatic heterocycles. The average Bonchev–Trinajstić information content (AvgIpc) is 3.34. The molecule has 5 rings (SSSR count). The topological polar surface area (TPSA) is 163 Å². The first-order valence-electron chi connectivity index (χ1n) is 19.1. The molecular formula is C40H66O10. The molecular weight excluding hydrogens is 640 g/mol. The average molecular weight is 707 g/mol. The maximum atomic E-state index is 13.7. The van der Waals surface area contributed by atoms with Gasteiger partial charge in [0.25, 0.3) is 0 Å². The minimum atomic E-state index is -1.50. The van der Waals surface area contributed by atoms with E-state index in [1.807, 2.05) is 6.92 Å². The van der Waals surface area contributed by atoms with Crippen LogP contribution in [0.25, 0.3) is 0 Å². The van der Waals surface area contributed by atoms with Crippen molar-refractivity contribution in [3.63, 3.8) is 0 Å². The van der Waals surface area contributed by atoms with Crippen LogP contribution >= 0.6 is 0 Å². The van der Waals surface area contributed by atoms with Crippen LogP contribution in [0.15, 0.2) is 11.1 Å². The Hall–Kier alpha value is -1.56. The zero-order valence-electron chi connectivity index (χ0n) is 32.3. The quantitative estimate of drug-likeness (QED) is 0.147. The number of carboxylic acid groups (broad SMARTS) is 1. The van der Waals surface area contributed by atoms with Crippen molar-refractivity contribution in [1.29, 1.82) is 0 Å². The Balaban J connectivity index is 1.40. The number of esters is 1. The number of fused-ring (bicyclic) bond motifs is 4. The Morgan fingerprint density at radius 1 is 0.920 bits per heavy atom. The second kappa shape index (κ2) is 13.4. The van der Waals surface area contributed by atoms with E-state index in [4.69, 9.17) is 14.2 Å². The number of aliphatic carboxylic acids is 1. The lowest BCUT2D eigenvalue weighted by Gasteiger charge is -2.62. The van der Waals surface area contributed by atoms with Gasteiger partial charge in [-0.2, -0.15) is 0 Å². The van der Waals surface area contributed by atoms with E-state index >= 15 is 0 Å². The molecule has 10 nitrogen and oxygen atoms in total. The van der Waals surface area contributed by atoms with Crippen molar-refractivity contribution in [2.24, 2.45) is 44.8 Å². The summed E-state index contributed by atoms with van der Waals surface area (Å²) in [7, 11) is 0. The lowest BCUT2D eigenvalue weighted by molar-refractivity contribution is -0.325. The number of aliphatic hydroxyl groups is 4. The Labute approximate surface area is 299 Å². The smallest absolute Gasteiger partial charge is 0.314 e. The van der Waals surface area contributed by atoms with Gasteiger partial charge in [-0.15, -0.1) is 0 Å². The summed E-state index contributed by atoms with van der Waals surface area (Å²) in [4.78, 5) is 25.8. The second-order valence-electron chi connectivity index (χ2n) is 19.0. The van der Waals surface area contributed by atoms with Crippen LogP contribution < -0.4 is 0 Å².